The van der Waals surface area contributed by atoms with Crippen LogP contribution in [0.5, 0.6) is 0 Å². The van der Waals surface area contributed by atoms with Crippen molar-refractivity contribution in [2.45, 2.75) is 45.7 Å². The molecule has 1 fully saturated rings. The molecule has 0 radical (unpaired) electrons. The molecule has 26 heavy (non-hydrogen) atoms. The number of carbonyl (C=O) groups excluding carboxylic acids is 1. The number of aromatic nitrogens is 1. The number of nitrogens with zero attached hydrogens (tertiary/aromatic N) is 4. The fourth-order valence-electron chi connectivity index (χ4n) is 2.83. The van der Waals surface area contributed by atoms with E-state index in [4.69, 9.17) is 0 Å². The van der Waals surface area contributed by atoms with Crippen LogP contribution < -0.4 is 10.6 Å². The Labute approximate surface area is 160 Å². The minimum atomic E-state index is 0.168. The number of amides is 1. The summed E-state index contributed by atoms with van der Waals surface area (Å²) in [6.45, 7) is 8.00. The summed E-state index contributed by atoms with van der Waals surface area (Å²) in [6.07, 6.45) is 3.01. The maximum atomic E-state index is 11.8. The van der Waals surface area contributed by atoms with Gasteiger partial charge in [-0.05, 0) is 26.2 Å². The van der Waals surface area contributed by atoms with E-state index in [1.807, 2.05) is 14.1 Å². The highest BCUT2D eigenvalue weighted by Gasteiger charge is 2.22. The summed E-state index contributed by atoms with van der Waals surface area (Å²) in [5.74, 6) is 1.02. The Morgan fingerprint density at radius 2 is 2.12 bits per heavy atom. The third-order valence-electron chi connectivity index (χ3n) is 4.43. The fourth-order valence-corrected chi connectivity index (χ4v) is 3.56. The van der Waals surface area contributed by atoms with Gasteiger partial charge in [0.05, 0.1) is 23.8 Å². The highest BCUT2D eigenvalue weighted by molar-refractivity contribution is 7.09. The van der Waals surface area contributed by atoms with Crippen molar-refractivity contribution in [3.63, 3.8) is 0 Å². The van der Waals surface area contributed by atoms with Gasteiger partial charge < -0.3 is 15.5 Å². The summed E-state index contributed by atoms with van der Waals surface area (Å²) >= 11 is 1.70. The summed E-state index contributed by atoms with van der Waals surface area (Å²) in [4.78, 5) is 25.0. The molecule has 0 aromatic carbocycles. The second kappa shape index (κ2) is 10.5. The predicted octanol–water partition coefficient (Wildman–Crippen LogP) is 1.31. The largest absolute Gasteiger partial charge is 0.357 e. The van der Waals surface area contributed by atoms with Crippen molar-refractivity contribution in [1.29, 1.82) is 0 Å². The average Bonchev–Trinajstić information content (AvgIpc) is 3.09. The molecule has 0 saturated carbocycles. The molecule has 8 heteroatoms. The Hall–Kier alpha value is -1.67. The van der Waals surface area contributed by atoms with Crippen LogP contribution >= 0.6 is 11.3 Å². The number of aryl methyl sites for hydroxylation is 1. The first-order chi connectivity index (χ1) is 12.5. The molecule has 2 N–H and O–H groups in total. The van der Waals surface area contributed by atoms with Gasteiger partial charge in [0, 0.05) is 45.2 Å². The van der Waals surface area contributed by atoms with Gasteiger partial charge in [0.1, 0.15) is 0 Å². The number of nitrogens with one attached hydrogen (secondary N) is 2. The van der Waals surface area contributed by atoms with Gasteiger partial charge in [-0.1, -0.05) is 6.92 Å². The smallest absolute Gasteiger partial charge is 0.236 e. The highest BCUT2D eigenvalue weighted by Crippen LogP contribution is 2.12. The number of piperidine rings is 1. The van der Waals surface area contributed by atoms with Crippen molar-refractivity contribution in [3.8, 4) is 0 Å². The molecule has 1 saturated heterocycles. The van der Waals surface area contributed by atoms with Gasteiger partial charge in [-0.15, -0.1) is 11.3 Å². The van der Waals surface area contributed by atoms with Gasteiger partial charge in [0.15, 0.2) is 5.96 Å². The molecule has 146 valence electrons. The molecular weight excluding hydrogens is 348 g/mol. The first-order valence-corrected chi connectivity index (χ1v) is 10.3. The molecule has 0 atom stereocenters. The van der Waals surface area contributed by atoms with Crippen LogP contribution in [0.4, 0.5) is 0 Å². The maximum Gasteiger partial charge on any atom is 0.236 e. The Morgan fingerprint density at radius 1 is 1.38 bits per heavy atom. The summed E-state index contributed by atoms with van der Waals surface area (Å²) < 4.78 is 0. The normalized spacial score (nSPS) is 16.5. The lowest BCUT2D eigenvalue weighted by molar-refractivity contribution is -0.130. The minimum Gasteiger partial charge on any atom is -0.357 e. The molecule has 0 aliphatic carbocycles. The number of likely N-dealkylation sites (N-methyl/N-ethyl adjacent to an activating group) is 1. The van der Waals surface area contributed by atoms with E-state index in [2.05, 4.69) is 44.7 Å². The van der Waals surface area contributed by atoms with Crippen molar-refractivity contribution < 1.29 is 4.79 Å². The molecule has 1 amide bonds. The number of likely N-dealkylation sites (tertiary alicyclic amines) is 1. The van der Waals surface area contributed by atoms with Crippen molar-refractivity contribution in [2.24, 2.45) is 4.99 Å². The standard InChI is InChI=1S/C18H32N6OS/c1-5-16-21-15(13-26-16)11-20-18(19-6-2)22-14-7-9-24(10-8-14)12-17(25)23(3)4/h13-14H,5-12H2,1-4H3,(H2,19,20,22). The molecule has 1 aliphatic rings. The van der Waals surface area contributed by atoms with Gasteiger partial charge >= 0.3 is 0 Å². The van der Waals surface area contributed by atoms with E-state index in [1.54, 1.807) is 16.2 Å². The first-order valence-electron chi connectivity index (χ1n) is 9.42. The van der Waals surface area contributed by atoms with Gasteiger partial charge in [0.25, 0.3) is 0 Å². The van der Waals surface area contributed by atoms with Gasteiger partial charge in [0.2, 0.25) is 5.91 Å². The number of aliphatic imine (C=N–C) groups is 1. The van der Waals surface area contributed by atoms with Crippen LogP contribution in [0.1, 0.15) is 37.4 Å². The second-order valence-corrected chi connectivity index (χ2v) is 7.71. The molecule has 1 aromatic rings. The molecule has 0 spiro atoms. The molecule has 0 bridgehead atoms. The molecule has 1 aliphatic heterocycles. The predicted molar refractivity (Wildman–Crippen MR) is 108 cm³/mol. The lowest BCUT2D eigenvalue weighted by atomic mass is 10.1. The van der Waals surface area contributed by atoms with Crippen molar-refractivity contribution >= 4 is 23.2 Å². The van der Waals surface area contributed by atoms with Crippen LogP contribution in [0.25, 0.3) is 0 Å². The topological polar surface area (TPSA) is 72.9 Å². The Kier molecular flexibility index (Phi) is 8.31. The van der Waals surface area contributed by atoms with Crippen LogP contribution in [0, 0.1) is 0 Å². The van der Waals surface area contributed by atoms with E-state index in [1.165, 1.54) is 0 Å². The van der Waals surface area contributed by atoms with Crippen LogP contribution in [0.3, 0.4) is 0 Å². The van der Waals surface area contributed by atoms with Gasteiger partial charge in [-0.2, -0.15) is 0 Å². The third kappa shape index (κ3) is 6.57. The quantitative estimate of drug-likeness (QED) is 0.551. The third-order valence-corrected chi connectivity index (χ3v) is 5.47. The zero-order valence-corrected chi connectivity index (χ0v) is 17.2. The van der Waals surface area contributed by atoms with E-state index in [9.17, 15) is 4.79 Å². The summed E-state index contributed by atoms with van der Waals surface area (Å²) in [6, 6.07) is 0.389. The van der Waals surface area contributed by atoms with Crippen molar-refractivity contribution in [3.05, 3.63) is 16.1 Å². The maximum absolute atomic E-state index is 11.8. The fraction of sp³-hybridized carbons (Fsp3) is 0.722. The zero-order chi connectivity index (χ0) is 18.9. The monoisotopic (exact) mass is 380 g/mol. The Bertz CT molecular complexity index is 592. The van der Waals surface area contributed by atoms with Gasteiger partial charge in [-0.25, -0.2) is 9.98 Å². The minimum absolute atomic E-state index is 0.168. The Balaban J connectivity index is 1.82. The zero-order valence-electron chi connectivity index (χ0n) is 16.4. The number of thiazole rings is 1. The molecule has 7 nitrogen and oxygen atoms in total. The van der Waals surface area contributed by atoms with E-state index < -0.39 is 0 Å². The summed E-state index contributed by atoms with van der Waals surface area (Å²) in [5.41, 5.74) is 1.03. The number of hydrogen-bond acceptors (Lipinski definition) is 5. The average molecular weight is 381 g/mol. The van der Waals surface area contributed by atoms with E-state index in [0.29, 0.717) is 19.1 Å². The first kappa shape index (κ1) is 20.6. The van der Waals surface area contributed by atoms with E-state index in [-0.39, 0.29) is 5.91 Å². The van der Waals surface area contributed by atoms with Crippen LogP contribution in [0.15, 0.2) is 10.4 Å². The highest BCUT2D eigenvalue weighted by atomic mass is 32.1. The lowest BCUT2D eigenvalue weighted by Crippen LogP contribution is -2.50. The Morgan fingerprint density at radius 3 is 2.69 bits per heavy atom. The number of guanidine groups is 1. The SMILES string of the molecule is CCNC(=NCc1csc(CC)n1)NC1CCN(CC(=O)N(C)C)CC1. The summed E-state index contributed by atoms with van der Waals surface area (Å²) in [7, 11) is 3.61. The number of hydrogen-bond donors (Lipinski definition) is 2. The van der Waals surface area contributed by atoms with E-state index >= 15 is 0 Å². The van der Waals surface area contributed by atoms with Crippen LogP contribution in [-0.2, 0) is 17.8 Å². The summed E-state index contributed by atoms with van der Waals surface area (Å²) in [5, 5.41) is 10.1. The van der Waals surface area contributed by atoms with Crippen molar-refractivity contribution in [1.82, 2.24) is 25.4 Å². The second-order valence-electron chi connectivity index (χ2n) is 6.76. The molecule has 2 heterocycles. The van der Waals surface area contributed by atoms with Gasteiger partial charge in [-0.3, -0.25) is 9.69 Å². The molecule has 1 aromatic heterocycles. The molecular formula is C18H32N6OS. The molecule has 0 unspecified atom stereocenters. The number of carbonyl (C=O) groups is 1. The van der Waals surface area contributed by atoms with Crippen LogP contribution in [-0.4, -0.2) is 73.0 Å². The van der Waals surface area contributed by atoms with Crippen molar-refractivity contribution in [2.75, 3.05) is 40.3 Å². The van der Waals surface area contributed by atoms with E-state index in [0.717, 1.165) is 55.6 Å². The number of rotatable bonds is 7. The molecule has 2 rings (SSSR count). The van der Waals surface area contributed by atoms with Crippen LogP contribution in [0.2, 0.25) is 0 Å². The lowest BCUT2D eigenvalue weighted by Gasteiger charge is -2.33.